The number of nitrogens with one attached hydrogen (secondary N) is 1. The van der Waals surface area contributed by atoms with Crippen molar-refractivity contribution in [3.8, 4) is 5.75 Å². The van der Waals surface area contributed by atoms with Crippen molar-refractivity contribution in [3.05, 3.63) is 24.3 Å². The van der Waals surface area contributed by atoms with Crippen LogP contribution in [0.5, 0.6) is 5.75 Å². The normalized spacial score (nSPS) is 16.7. The predicted molar refractivity (Wildman–Crippen MR) is 68.2 cm³/mol. The molecule has 0 unspecified atom stereocenters. The molecular weight excluding hydrogens is 214 g/mol. The van der Waals surface area contributed by atoms with E-state index in [1.807, 2.05) is 45.0 Å². The first-order valence-electron chi connectivity index (χ1n) is 6.08. The van der Waals surface area contributed by atoms with Gasteiger partial charge in [0.2, 0.25) is 5.91 Å². The van der Waals surface area contributed by atoms with E-state index in [9.17, 15) is 4.79 Å². The van der Waals surface area contributed by atoms with Gasteiger partial charge in [-0.3, -0.25) is 4.79 Å². The summed E-state index contributed by atoms with van der Waals surface area (Å²) in [6.45, 7) is 5.98. The Labute approximate surface area is 102 Å². The third-order valence-electron chi connectivity index (χ3n) is 3.03. The fraction of sp³-hybridized carbons (Fsp3) is 0.500. The number of hydrogen-bond acceptors (Lipinski definition) is 2. The van der Waals surface area contributed by atoms with Crippen LogP contribution in [-0.4, -0.2) is 12.0 Å². The Bertz CT molecular complexity index is 405. The van der Waals surface area contributed by atoms with Crippen LogP contribution >= 0.6 is 0 Å². The Balaban J connectivity index is 1.96. The average molecular weight is 233 g/mol. The molecule has 1 aliphatic carbocycles. The monoisotopic (exact) mass is 233 g/mol. The number of carbonyl (C=O) groups is 1. The zero-order chi connectivity index (χ0) is 12.5. The predicted octanol–water partition coefficient (Wildman–Crippen LogP) is 3.21. The van der Waals surface area contributed by atoms with Gasteiger partial charge in [0, 0.05) is 11.1 Å². The highest BCUT2D eigenvalue weighted by atomic mass is 16.5. The van der Waals surface area contributed by atoms with Crippen LogP contribution in [0.4, 0.5) is 5.69 Å². The maximum atomic E-state index is 11.8. The van der Waals surface area contributed by atoms with Crippen molar-refractivity contribution in [2.45, 2.75) is 39.7 Å². The van der Waals surface area contributed by atoms with Gasteiger partial charge in [0.15, 0.2) is 0 Å². The van der Waals surface area contributed by atoms with Crippen LogP contribution in [-0.2, 0) is 4.79 Å². The van der Waals surface area contributed by atoms with Crippen molar-refractivity contribution in [1.82, 2.24) is 0 Å². The molecule has 1 fully saturated rings. The first kappa shape index (κ1) is 12.0. The van der Waals surface area contributed by atoms with Crippen LogP contribution in [0.15, 0.2) is 24.3 Å². The lowest BCUT2D eigenvalue weighted by Gasteiger charge is -2.12. The Kier molecular flexibility index (Phi) is 3.09. The molecule has 3 nitrogen and oxygen atoms in total. The number of anilines is 1. The lowest BCUT2D eigenvalue weighted by molar-refractivity contribution is -0.120. The number of ether oxygens (including phenoxy) is 1. The van der Waals surface area contributed by atoms with E-state index in [0.29, 0.717) is 0 Å². The minimum absolute atomic E-state index is 0.120. The molecule has 0 radical (unpaired) electrons. The zero-order valence-corrected chi connectivity index (χ0v) is 10.6. The quantitative estimate of drug-likeness (QED) is 0.867. The lowest BCUT2D eigenvalue weighted by atomic mass is 10.1. The SMILES string of the molecule is CC(C)Oc1ccc(NC(=O)C2(C)CC2)cc1. The summed E-state index contributed by atoms with van der Waals surface area (Å²) in [5, 5.41) is 2.93. The molecule has 0 saturated heterocycles. The summed E-state index contributed by atoms with van der Waals surface area (Å²) in [5.74, 6) is 0.950. The maximum absolute atomic E-state index is 11.8. The standard InChI is InChI=1S/C14H19NO2/c1-10(2)17-12-6-4-11(5-7-12)15-13(16)14(3)8-9-14/h4-7,10H,8-9H2,1-3H3,(H,15,16). The van der Waals surface area contributed by atoms with Gasteiger partial charge >= 0.3 is 0 Å². The number of hydrogen-bond donors (Lipinski definition) is 1. The molecule has 0 aromatic heterocycles. The van der Waals surface area contributed by atoms with Gasteiger partial charge in [0.05, 0.1) is 6.10 Å². The van der Waals surface area contributed by atoms with E-state index in [1.165, 1.54) is 0 Å². The molecule has 1 aromatic rings. The summed E-state index contributed by atoms with van der Waals surface area (Å²) in [7, 11) is 0. The summed E-state index contributed by atoms with van der Waals surface area (Å²) >= 11 is 0. The molecule has 3 heteroatoms. The Morgan fingerprint density at radius 2 is 1.88 bits per heavy atom. The van der Waals surface area contributed by atoms with Gasteiger partial charge in [0.25, 0.3) is 0 Å². The Hall–Kier alpha value is -1.51. The average Bonchev–Trinajstić information content (AvgIpc) is 3.00. The number of carbonyl (C=O) groups excluding carboxylic acids is 1. The summed E-state index contributed by atoms with van der Waals surface area (Å²) in [6, 6.07) is 7.51. The highest BCUT2D eigenvalue weighted by molar-refractivity contribution is 5.96. The van der Waals surface area contributed by atoms with Crippen molar-refractivity contribution in [3.63, 3.8) is 0 Å². The molecule has 0 spiro atoms. The van der Waals surface area contributed by atoms with E-state index < -0.39 is 0 Å². The van der Waals surface area contributed by atoms with Crippen LogP contribution in [0.3, 0.4) is 0 Å². The minimum Gasteiger partial charge on any atom is -0.491 e. The molecule has 1 N–H and O–H groups in total. The molecule has 17 heavy (non-hydrogen) atoms. The molecule has 92 valence electrons. The Morgan fingerprint density at radius 3 is 2.35 bits per heavy atom. The fourth-order valence-corrected chi connectivity index (χ4v) is 1.59. The van der Waals surface area contributed by atoms with E-state index in [4.69, 9.17) is 4.74 Å². The second kappa shape index (κ2) is 4.40. The fourth-order valence-electron chi connectivity index (χ4n) is 1.59. The Morgan fingerprint density at radius 1 is 1.29 bits per heavy atom. The summed E-state index contributed by atoms with van der Waals surface area (Å²) < 4.78 is 5.54. The molecule has 1 saturated carbocycles. The van der Waals surface area contributed by atoms with E-state index >= 15 is 0 Å². The van der Waals surface area contributed by atoms with Crippen LogP contribution in [0.25, 0.3) is 0 Å². The molecule has 1 aliphatic rings. The second-order valence-electron chi connectivity index (χ2n) is 5.21. The van der Waals surface area contributed by atoms with Crippen molar-refractivity contribution in [2.24, 2.45) is 5.41 Å². The van der Waals surface area contributed by atoms with Crippen LogP contribution in [0.2, 0.25) is 0 Å². The summed E-state index contributed by atoms with van der Waals surface area (Å²) in [6.07, 6.45) is 2.15. The first-order valence-corrected chi connectivity index (χ1v) is 6.08. The van der Waals surface area contributed by atoms with Gasteiger partial charge in [-0.25, -0.2) is 0 Å². The third kappa shape index (κ3) is 2.99. The van der Waals surface area contributed by atoms with Crippen LogP contribution in [0, 0.1) is 5.41 Å². The van der Waals surface area contributed by atoms with Gasteiger partial charge < -0.3 is 10.1 Å². The van der Waals surface area contributed by atoms with E-state index in [2.05, 4.69) is 5.32 Å². The van der Waals surface area contributed by atoms with Crippen molar-refractivity contribution < 1.29 is 9.53 Å². The number of benzene rings is 1. The topological polar surface area (TPSA) is 38.3 Å². The van der Waals surface area contributed by atoms with Gasteiger partial charge in [-0.15, -0.1) is 0 Å². The lowest BCUT2D eigenvalue weighted by Crippen LogP contribution is -2.21. The maximum Gasteiger partial charge on any atom is 0.230 e. The van der Waals surface area contributed by atoms with Gasteiger partial charge in [-0.2, -0.15) is 0 Å². The molecule has 1 amide bonds. The van der Waals surface area contributed by atoms with E-state index in [0.717, 1.165) is 24.3 Å². The largest absolute Gasteiger partial charge is 0.491 e. The van der Waals surface area contributed by atoms with Crippen LogP contribution < -0.4 is 10.1 Å². The van der Waals surface area contributed by atoms with Crippen molar-refractivity contribution in [1.29, 1.82) is 0 Å². The molecule has 0 atom stereocenters. The van der Waals surface area contributed by atoms with Gasteiger partial charge in [-0.05, 0) is 51.0 Å². The molecule has 1 aromatic carbocycles. The van der Waals surface area contributed by atoms with Crippen molar-refractivity contribution in [2.75, 3.05) is 5.32 Å². The first-order chi connectivity index (χ1) is 7.99. The molecular formula is C14H19NO2. The highest BCUT2D eigenvalue weighted by Gasteiger charge is 2.44. The zero-order valence-electron chi connectivity index (χ0n) is 10.6. The summed E-state index contributed by atoms with van der Waals surface area (Å²) in [5.41, 5.74) is 0.701. The minimum atomic E-state index is -0.132. The van der Waals surface area contributed by atoms with E-state index in [1.54, 1.807) is 0 Å². The molecule has 0 bridgehead atoms. The molecule has 0 heterocycles. The van der Waals surface area contributed by atoms with Gasteiger partial charge in [0.1, 0.15) is 5.75 Å². The number of rotatable bonds is 4. The van der Waals surface area contributed by atoms with E-state index in [-0.39, 0.29) is 17.4 Å². The highest BCUT2D eigenvalue weighted by Crippen LogP contribution is 2.45. The second-order valence-corrected chi connectivity index (χ2v) is 5.21. The van der Waals surface area contributed by atoms with Gasteiger partial charge in [-0.1, -0.05) is 6.92 Å². The molecule has 0 aliphatic heterocycles. The molecule has 2 rings (SSSR count). The number of amides is 1. The third-order valence-corrected chi connectivity index (χ3v) is 3.03. The van der Waals surface area contributed by atoms with Crippen molar-refractivity contribution >= 4 is 11.6 Å². The van der Waals surface area contributed by atoms with Crippen LogP contribution in [0.1, 0.15) is 33.6 Å². The summed E-state index contributed by atoms with van der Waals surface area (Å²) in [4.78, 5) is 11.8. The smallest absolute Gasteiger partial charge is 0.230 e.